The topological polar surface area (TPSA) is 92.3 Å². The minimum absolute atomic E-state index is 0.0615. The molecule has 0 spiro atoms. The van der Waals surface area contributed by atoms with Gasteiger partial charge < -0.3 is 4.79 Å². The molecule has 1 fully saturated rings. The van der Waals surface area contributed by atoms with Crippen molar-refractivity contribution in [3.05, 3.63) is 0 Å². The number of carbonyl (C=O) groups is 4. The number of barbiturate groups is 1. The van der Waals surface area contributed by atoms with Crippen molar-refractivity contribution in [3.63, 3.8) is 0 Å². The van der Waals surface area contributed by atoms with Crippen LogP contribution in [0.25, 0.3) is 0 Å². The average Bonchev–Trinajstić information content (AvgIpc) is 2.23. The lowest BCUT2D eigenvalue weighted by Crippen LogP contribution is -2.57. The summed E-state index contributed by atoms with van der Waals surface area (Å²) >= 11 is 0. The summed E-state index contributed by atoms with van der Waals surface area (Å²) in [5.41, 5.74) is 0. The Kier molecular flexibility index (Phi) is 5.00. The van der Waals surface area contributed by atoms with Crippen molar-refractivity contribution in [3.8, 4) is 0 Å². The summed E-state index contributed by atoms with van der Waals surface area (Å²) in [5.74, 6) is -2.56. The summed E-state index contributed by atoms with van der Waals surface area (Å²) in [7, 11) is 0. The lowest BCUT2D eigenvalue weighted by Gasteiger charge is -2.27. The Bertz CT molecular complexity index is 358. The van der Waals surface area contributed by atoms with Crippen molar-refractivity contribution in [2.75, 3.05) is 0 Å². The molecule has 1 aliphatic rings. The fraction of sp³-hybridized carbons (Fsp3) is 0.667. The van der Waals surface area contributed by atoms with Crippen LogP contribution < -0.4 is 10.6 Å². The van der Waals surface area contributed by atoms with Crippen LogP contribution in [0.2, 0.25) is 0 Å². The maximum Gasteiger partial charge on any atom is 0.328 e. The Morgan fingerprint density at radius 3 is 2.22 bits per heavy atom. The zero-order chi connectivity index (χ0) is 13.7. The van der Waals surface area contributed by atoms with Crippen LogP contribution in [-0.2, 0) is 14.4 Å². The van der Waals surface area contributed by atoms with E-state index in [1.165, 1.54) is 6.92 Å². The van der Waals surface area contributed by atoms with Crippen LogP contribution in [0.3, 0.4) is 0 Å². The van der Waals surface area contributed by atoms with Crippen LogP contribution in [-0.4, -0.2) is 23.6 Å². The van der Waals surface area contributed by atoms with Crippen LogP contribution in [0, 0.1) is 11.8 Å². The molecular weight excluding hydrogens is 236 g/mol. The van der Waals surface area contributed by atoms with Crippen LogP contribution in [0.1, 0.15) is 39.5 Å². The maximum atomic E-state index is 11.7. The van der Waals surface area contributed by atoms with Crippen LogP contribution in [0.5, 0.6) is 0 Å². The highest BCUT2D eigenvalue weighted by Crippen LogP contribution is 2.24. The van der Waals surface area contributed by atoms with Crippen molar-refractivity contribution < 1.29 is 19.2 Å². The van der Waals surface area contributed by atoms with Gasteiger partial charge in [-0.25, -0.2) is 4.79 Å². The Morgan fingerprint density at radius 2 is 1.78 bits per heavy atom. The van der Waals surface area contributed by atoms with E-state index in [1.807, 2.05) is 6.92 Å². The van der Waals surface area contributed by atoms with Gasteiger partial charge in [-0.2, -0.15) is 0 Å². The van der Waals surface area contributed by atoms with E-state index in [9.17, 15) is 19.2 Å². The van der Waals surface area contributed by atoms with Gasteiger partial charge in [0.2, 0.25) is 11.8 Å². The van der Waals surface area contributed by atoms with E-state index < -0.39 is 23.8 Å². The molecule has 1 heterocycles. The molecule has 1 saturated heterocycles. The summed E-state index contributed by atoms with van der Waals surface area (Å²) in [4.78, 5) is 45.6. The van der Waals surface area contributed by atoms with E-state index in [2.05, 4.69) is 10.6 Å². The summed E-state index contributed by atoms with van der Waals surface area (Å²) in [6.07, 6.45) is 2.56. The standard InChI is InChI=1S/C12H18N2O4/c1-3-4-5-8(6-7(2)15)9-10(16)13-12(18)14-11(9)17/h8-9H,3-6H2,1-2H3,(H2,13,14,16,17,18). The molecule has 0 saturated carbocycles. The van der Waals surface area contributed by atoms with Gasteiger partial charge in [-0.05, 0) is 19.3 Å². The first kappa shape index (κ1) is 14.3. The molecule has 1 rings (SSSR count). The Labute approximate surface area is 105 Å². The second-order valence-electron chi connectivity index (χ2n) is 4.59. The maximum absolute atomic E-state index is 11.7. The SMILES string of the molecule is CCCCC(CC(C)=O)C1C(=O)NC(=O)NC1=O. The third-order valence-corrected chi connectivity index (χ3v) is 2.99. The number of hydrogen-bond donors (Lipinski definition) is 2. The number of urea groups is 1. The number of hydrogen-bond acceptors (Lipinski definition) is 4. The number of nitrogens with one attached hydrogen (secondary N) is 2. The van der Waals surface area contributed by atoms with E-state index in [-0.39, 0.29) is 18.1 Å². The van der Waals surface area contributed by atoms with Gasteiger partial charge in [0.25, 0.3) is 0 Å². The third-order valence-electron chi connectivity index (χ3n) is 2.99. The van der Waals surface area contributed by atoms with Gasteiger partial charge in [0.1, 0.15) is 11.7 Å². The number of rotatable bonds is 6. The summed E-state index contributed by atoms with van der Waals surface area (Å²) in [5, 5.41) is 4.14. The predicted molar refractivity (Wildman–Crippen MR) is 63.5 cm³/mol. The van der Waals surface area contributed by atoms with Crippen LogP contribution in [0.4, 0.5) is 4.79 Å². The van der Waals surface area contributed by atoms with Crippen molar-refractivity contribution in [2.24, 2.45) is 11.8 Å². The Balaban J connectivity index is 2.81. The first-order valence-corrected chi connectivity index (χ1v) is 6.10. The largest absolute Gasteiger partial charge is 0.328 e. The van der Waals surface area contributed by atoms with E-state index in [4.69, 9.17) is 0 Å². The lowest BCUT2D eigenvalue weighted by atomic mass is 9.82. The highest BCUT2D eigenvalue weighted by Gasteiger charge is 2.39. The van der Waals surface area contributed by atoms with E-state index >= 15 is 0 Å². The van der Waals surface area contributed by atoms with Crippen molar-refractivity contribution >= 4 is 23.6 Å². The molecule has 18 heavy (non-hydrogen) atoms. The second-order valence-corrected chi connectivity index (χ2v) is 4.59. The van der Waals surface area contributed by atoms with E-state index in [0.717, 1.165) is 12.8 Å². The van der Waals surface area contributed by atoms with E-state index in [1.54, 1.807) is 0 Å². The fourth-order valence-electron chi connectivity index (χ4n) is 2.18. The number of carbonyl (C=O) groups excluding carboxylic acids is 4. The first-order chi connectivity index (χ1) is 8.45. The highest BCUT2D eigenvalue weighted by atomic mass is 16.2. The predicted octanol–water partition coefficient (Wildman–Crippen LogP) is 0.754. The van der Waals surface area contributed by atoms with Crippen molar-refractivity contribution in [1.29, 1.82) is 0 Å². The number of unbranched alkanes of at least 4 members (excludes halogenated alkanes) is 1. The van der Waals surface area contributed by atoms with Gasteiger partial charge >= 0.3 is 6.03 Å². The number of imide groups is 2. The minimum atomic E-state index is -0.946. The zero-order valence-corrected chi connectivity index (χ0v) is 10.6. The molecule has 0 bridgehead atoms. The zero-order valence-electron chi connectivity index (χ0n) is 10.6. The molecule has 6 heteroatoms. The first-order valence-electron chi connectivity index (χ1n) is 6.10. The highest BCUT2D eigenvalue weighted by molar-refractivity contribution is 6.16. The molecule has 4 amide bonds. The van der Waals surface area contributed by atoms with Crippen molar-refractivity contribution in [2.45, 2.75) is 39.5 Å². The van der Waals surface area contributed by atoms with Crippen molar-refractivity contribution in [1.82, 2.24) is 10.6 Å². The van der Waals surface area contributed by atoms with Gasteiger partial charge in [0.05, 0.1) is 0 Å². The molecular formula is C12H18N2O4. The lowest BCUT2D eigenvalue weighted by molar-refractivity contribution is -0.138. The van der Waals surface area contributed by atoms with Gasteiger partial charge in [0.15, 0.2) is 0 Å². The average molecular weight is 254 g/mol. The number of ketones is 1. The molecule has 0 aromatic heterocycles. The van der Waals surface area contributed by atoms with Gasteiger partial charge in [-0.1, -0.05) is 19.8 Å². The molecule has 0 aromatic carbocycles. The van der Waals surface area contributed by atoms with Gasteiger partial charge in [-0.15, -0.1) is 0 Å². The quantitative estimate of drug-likeness (QED) is 0.684. The van der Waals surface area contributed by atoms with Gasteiger partial charge in [0, 0.05) is 6.42 Å². The van der Waals surface area contributed by atoms with Crippen LogP contribution in [0.15, 0.2) is 0 Å². The van der Waals surface area contributed by atoms with Crippen LogP contribution >= 0.6 is 0 Å². The monoisotopic (exact) mass is 254 g/mol. The molecule has 100 valence electrons. The number of amides is 4. The van der Waals surface area contributed by atoms with E-state index in [0.29, 0.717) is 6.42 Å². The molecule has 0 radical (unpaired) electrons. The minimum Gasteiger partial charge on any atom is -0.300 e. The molecule has 6 nitrogen and oxygen atoms in total. The molecule has 0 aliphatic carbocycles. The molecule has 1 aliphatic heterocycles. The third kappa shape index (κ3) is 3.65. The normalized spacial score (nSPS) is 18.2. The molecule has 2 N–H and O–H groups in total. The second kappa shape index (κ2) is 6.28. The molecule has 1 atom stereocenters. The molecule has 0 aromatic rings. The summed E-state index contributed by atoms with van der Waals surface area (Å²) < 4.78 is 0. The Hall–Kier alpha value is -1.72. The summed E-state index contributed by atoms with van der Waals surface area (Å²) in [6.45, 7) is 3.43. The summed E-state index contributed by atoms with van der Waals surface area (Å²) in [6, 6.07) is -0.793. The fourth-order valence-corrected chi connectivity index (χ4v) is 2.18. The Morgan fingerprint density at radius 1 is 1.22 bits per heavy atom. The van der Waals surface area contributed by atoms with Gasteiger partial charge in [-0.3, -0.25) is 20.2 Å². The smallest absolute Gasteiger partial charge is 0.300 e. The molecule has 1 unspecified atom stereocenters. The number of Topliss-reactive ketones (excluding diaryl/α,β-unsaturated/α-hetero) is 1.